The first kappa shape index (κ1) is 12.1. The van der Waals surface area contributed by atoms with Crippen LogP contribution in [-0.4, -0.2) is 11.1 Å². The van der Waals surface area contributed by atoms with Crippen LogP contribution in [-0.2, 0) is 24.3 Å². The van der Waals surface area contributed by atoms with E-state index in [1.807, 2.05) is 6.92 Å². The fourth-order valence-electron chi connectivity index (χ4n) is 2.01. The summed E-state index contributed by atoms with van der Waals surface area (Å²) in [6, 6.07) is 0. The summed E-state index contributed by atoms with van der Waals surface area (Å²) < 4.78 is 0. The van der Waals surface area contributed by atoms with Gasteiger partial charge >= 0.3 is 5.97 Å². The van der Waals surface area contributed by atoms with Crippen LogP contribution in [0, 0.1) is 11.3 Å². The molecule has 0 bridgehead atoms. The van der Waals surface area contributed by atoms with Crippen LogP contribution in [0.2, 0.25) is 0 Å². The van der Waals surface area contributed by atoms with Gasteiger partial charge in [0.2, 0.25) is 0 Å². The summed E-state index contributed by atoms with van der Waals surface area (Å²) in [7, 11) is 0. The third kappa shape index (κ3) is 2.55. The van der Waals surface area contributed by atoms with Crippen LogP contribution in [0.4, 0.5) is 0 Å². The number of carboxylic acids is 1. The van der Waals surface area contributed by atoms with Crippen LogP contribution >= 0.6 is 0 Å². The molecule has 12 heavy (non-hydrogen) atoms. The molecule has 0 saturated heterocycles. The number of carboxylic acid groups (broad SMARTS) is 1. The van der Waals surface area contributed by atoms with Crippen molar-refractivity contribution in [3.05, 3.63) is 0 Å². The minimum atomic E-state index is -0.621. The topological polar surface area (TPSA) is 37.3 Å². The summed E-state index contributed by atoms with van der Waals surface area (Å²) in [4.78, 5) is 10.8. The molecule has 1 rings (SSSR count). The molecule has 1 aliphatic rings. The standard InChI is InChI=1S/C9H16O2.Zn/c1-7-4-3-5-9(2,6-7)8(10)11;/h7H,3-6H2,1-2H3,(H,10,11);. The van der Waals surface area contributed by atoms with Crippen LogP contribution in [0.1, 0.15) is 39.5 Å². The summed E-state index contributed by atoms with van der Waals surface area (Å²) in [6.45, 7) is 4.01. The fourth-order valence-corrected chi connectivity index (χ4v) is 2.01. The first-order valence-electron chi connectivity index (χ1n) is 4.28. The molecule has 0 spiro atoms. The van der Waals surface area contributed by atoms with Gasteiger partial charge < -0.3 is 5.11 Å². The van der Waals surface area contributed by atoms with Gasteiger partial charge in [0, 0.05) is 19.5 Å². The summed E-state index contributed by atoms with van der Waals surface area (Å²) in [5.41, 5.74) is -0.433. The smallest absolute Gasteiger partial charge is 0.309 e. The van der Waals surface area contributed by atoms with E-state index in [1.54, 1.807) is 0 Å². The molecule has 1 N–H and O–H groups in total. The van der Waals surface area contributed by atoms with Crippen molar-refractivity contribution < 1.29 is 29.4 Å². The van der Waals surface area contributed by atoms with Gasteiger partial charge in [0.25, 0.3) is 0 Å². The Morgan fingerprint density at radius 3 is 2.50 bits per heavy atom. The molecule has 1 fully saturated rings. The Morgan fingerprint density at radius 2 is 2.17 bits per heavy atom. The Labute approximate surface area is 86.5 Å². The van der Waals surface area contributed by atoms with Crippen LogP contribution in [0.3, 0.4) is 0 Å². The number of aliphatic carboxylic acids is 1. The molecule has 0 amide bonds. The van der Waals surface area contributed by atoms with Gasteiger partial charge in [-0.25, -0.2) is 0 Å². The van der Waals surface area contributed by atoms with E-state index in [0.29, 0.717) is 5.92 Å². The third-order valence-corrected chi connectivity index (χ3v) is 2.74. The zero-order chi connectivity index (χ0) is 8.48. The molecule has 0 heterocycles. The summed E-state index contributed by atoms with van der Waals surface area (Å²) in [6.07, 6.45) is 3.97. The maximum absolute atomic E-state index is 10.8. The molecular weight excluding hydrogens is 205 g/mol. The van der Waals surface area contributed by atoms with Gasteiger partial charge in [0.15, 0.2) is 0 Å². The molecule has 2 atom stereocenters. The van der Waals surface area contributed by atoms with E-state index >= 15 is 0 Å². The number of carbonyl (C=O) groups is 1. The van der Waals surface area contributed by atoms with Crippen molar-refractivity contribution in [2.24, 2.45) is 11.3 Å². The quantitative estimate of drug-likeness (QED) is 0.690. The molecule has 1 saturated carbocycles. The zero-order valence-electron chi connectivity index (χ0n) is 7.97. The predicted octanol–water partition coefficient (Wildman–Crippen LogP) is 2.28. The number of hydrogen-bond donors (Lipinski definition) is 1. The Bertz CT molecular complexity index is 170. The molecule has 66 valence electrons. The van der Waals surface area contributed by atoms with Crippen LogP contribution < -0.4 is 0 Å². The van der Waals surface area contributed by atoms with E-state index in [1.165, 1.54) is 6.42 Å². The molecular formula is C9H16O2Zn. The van der Waals surface area contributed by atoms with Crippen LogP contribution in [0.25, 0.3) is 0 Å². The summed E-state index contributed by atoms with van der Waals surface area (Å²) >= 11 is 0. The normalized spacial score (nSPS) is 35.3. The molecule has 1 aliphatic carbocycles. The average Bonchev–Trinajstić information content (AvgIpc) is 1.86. The van der Waals surface area contributed by atoms with E-state index in [9.17, 15) is 4.79 Å². The minimum Gasteiger partial charge on any atom is -0.481 e. The van der Waals surface area contributed by atoms with Gasteiger partial charge in [-0.1, -0.05) is 19.8 Å². The van der Waals surface area contributed by atoms with E-state index in [-0.39, 0.29) is 19.5 Å². The number of hydrogen-bond acceptors (Lipinski definition) is 1. The molecule has 0 aromatic carbocycles. The Balaban J connectivity index is 0.00000121. The van der Waals surface area contributed by atoms with Crippen LogP contribution in [0.5, 0.6) is 0 Å². The van der Waals surface area contributed by atoms with Gasteiger partial charge in [-0.3, -0.25) is 4.79 Å². The van der Waals surface area contributed by atoms with Gasteiger partial charge in [0.1, 0.15) is 0 Å². The molecule has 0 aromatic heterocycles. The zero-order valence-corrected chi connectivity index (χ0v) is 10.9. The van der Waals surface area contributed by atoms with E-state index in [4.69, 9.17) is 5.11 Å². The molecule has 3 heteroatoms. The predicted molar refractivity (Wildman–Crippen MR) is 43.4 cm³/mol. The fraction of sp³-hybridized carbons (Fsp3) is 0.889. The van der Waals surface area contributed by atoms with Crippen molar-refractivity contribution in [1.29, 1.82) is 0 Å². The largest absolute Gasteiger partial charge is 0.481 e. The number of rotatable bonds is 1. The van der Waals surface area contributed by atoms with Gasteiger partial charge in [0.05, 0.1) is 5.41 Å². The third-order valence-electron chi connectivity index (χ3n) is 2.74. The van der Waals surface area contributed by atoms with E-state index in [0.717, 1.165) is 19.3 Å². The van der Waals surface area contributed by atoms with Crippen molar-refractivity contribution in [3.63, 3.8) is 0 Å². The molecule has 0 aromatic rings. The van der Waals surface area contributed by atoms with Crippen molar-refractivity contribution >= 4 is 5.97 Å². The van der Waals surface area contributed by atoms with Crippen molar-refractivity contribution in [2.75, 3.05) is 0 Å². The summed E-state index contributed by atoms with van der Waals surface area (Å²) in [5.74, 6) is -0.0334. The molecule has 2 unspecified atom stereocenters. The monoisotopic (exact) mass is 220 g/mol. The van der Waals surface area contributed by atoms with Gasteiger partial charge in [-0.05, 0) is 25.7 Å². The summed E-state index contributed by atoms with van der Waals surface area (Å²) in [5, 5.41) is 8.92. The second-order valence-corrected chi connectivity index (χ2v) is 4.07. The van der Waals surface area contributed by atoms with E-state index in [2.05, 4.69) is 6.92 Å². The molecule has 0 radical (unpaired) electrons. The molecule has 2 nitrogen and oxygen atoms in total. The second kappa shape index (κ2) is 4.36. The van der Waals surface area contributed by atoms with Gasteiger partial charge in [-0.15, -0.1) is 0 Å². The minimum absolute atomic E-state index is 0. The Kier molecular flexibility index (Phi) is 4.40. The first-order chi connectivity index (χ1) is 5.04. The first-order valence-corrected chi connectivity index (χ1v) is 4.28. The van der Waals surface area contributed by atoms with Gasteiger partial charge in [-0.2, -0.15) is 0 Å². The maximum atomic E-state index is 10.8. The van der Waals surface area contributed by atoms with Crippen molar-refractivity contribution in [2.45, 2.75) is 39.5 Å². The second-order valence-electron chi connectivity index (χ2n) is 4.07. The molecule has 0 aliphatic heterocycles. The maximum Gasteiger partial charge on any atom is 0.309 e. The van der Waals surface area contributed by atoms with Crippen molar-refractivity contribution in [1.82, 2.24) is 0 Å². The SMILES string of the molecule is CC1CCCC(C)(C(=O)O)C1.[Zn]. The Hall–Kier alpha value is 0.0934. The van der Waals surface area contributed by atoms with E-state index < -0.39 is 11.4 Å². The van der Waals surface area contributed by atoms with Crippen molar-refractivity contribution in [3.8, 4) is 0 Å². The van der Waals surface area contributed by atoms with Crippen LogP contribution in [0.15, 0.2) is 0 Å². The Morgan fingerprint density at radius 1 is 1.58 bits per heavy atom. The average molecular weight is 222 g/mol.